The van der Waals surface area contributed by atoms with Gasteiger partial charge in [-0.3, -0.25) is 0 Å². The van der Waals surface area contributed by atoms with E-state index < -0.39 is 0 Å². The van der Waals surface area contributed by atoms with E-state index >= 15 is 0 Å². The van der Waals surface area contributed by atoms with Crippen LogP contribution in [0.25, 0.3) is 22.4 Å². The summed E-state index contributed by atoms with van der Waals surface area (Å²) in [6, 6.07) is 15.3. The van der Waals surface area contributed by atoms with Crippen LogP contribution in [0.2, 0.25) is 0 Å². The molecule has 0 aliphatic rings. The Bertz CT molecular complexity index is 682. The second-order valence-electron chi connectivity index (χ2n) is 3.91. The summed E-state index contributed by atoms with van der Waals surface area (Å²) in [5.41, 5.74) is 1.82. The van der Waals surface area contributed by atoms with E-state index in [4.69, 9.17) is 0 Å². The third-order valence-corrected chi connectivity index (χ3v) is 3.65. The van der Waals surface area contributed by atoms with E-state index in [0.29, 0.717) is 0 Å². The van der Waals surface area contributed by atoms with Gasteiger partial charge in [-0.1, -0.05) is 30.3 Å². The highest BCUT2D eigenvalue weighted by molar-refractivity contribution is 7.19. The van der Waals surface area contributed by atoms with Gasteiger partial charge in [0.25, 0.3) is 0 Å². The summed E-state index contributed by atoms with van der Waals surface area (Å²) in [7, 11) is 0. The van der Waals surface area contributed by atoms with Gasteiger partial charge in [0, 0.05) is 5.56 Å². The maximum atomic E-state index is 9.66. The highest BCUT2D eigenvalue weighted by atomic mass is 32.1. The van der Waals surface area contributed by atoms with E-state index in [9.17, 15) is 5.11 Å². The summed E-state index contributed by atoms with van der Waals surface area (Å²) < 4.78 is 1.18. The minimum Gasteiger partial charge on any atom is -0.507 e. The Balaban J connectivity index is 1.95. The number of para-hydroxylation sites is 2. The Morgan fingerprint density at radius 3 is 2.56 bits per heavy atom. The van der Waals surface area contributed by atoms with E-state index in [-0.39, 0.29) is 5.75 Å². The Kier molecular flexibility index (Phi) is 2.82. The molecule has 3 heteroatoms. The van der Waals surface area contributed by atoms with Crippen LogP contribution in [-0.4, -0.2) is 10.1 Å². The van der Waals surface area contributed by atoms with Crippen molar-refractivity contribution in [3.05, 3.63) is 59.1 Å². The number of hydrogen-bond donors (Lipinski definition) is 1. The van der Waals surface area contributed by atoms with Gasteiger partial charge in [-0.2, -0.15) is 0 Å². The molecule has 3 aromatic rings. The second-order valence-corrected chi connectivity index (χ2v) is 4.97. The maximum absolute atomic E-state index is 9.66. The van der Waals surface area contributed by atoms with Gasteiger partial charge < -0.3 is 5.11 Å². The van der Waals surface area contributed by atoms with Gasteiger partial charge in [0.15, 0.2) is 0 Å². The number of hydrogen-bond acceptors (Lipinski definition) is 3. The number of aromatic nitrogens is 1. The highest BCUT2D eigenvalue weighted by Gasteiger charge is 2.00. The van der Waals surface area contributed by atoms with Crippen LogP contribution in [0, 0.1) is 0 Å². The normalized spacial score (nSPS) is 11.3. The van der Waals surface area contributed by atoms with Crippen LogP contribution < -0.4 is 0 Å². The molecule has 0 aliphatic carbocycles. The van der Waals surface area contributed by atoms with Crippen molar-refractivity contribution < 1.29 is 5.11 Å². The van der Waals surface area contributed by atoms with E-state index in [1.807, 2.05) is 48.6 Å². The molecule has 88 valence electrons. The monoisotopic (exact) mass is 253 g/mol. The molecular weight excluding hydrogens is 242 g/mol. The van der Waals surface area contributed by atoms with Crippen molar-refractivity contribution in [2.45, 2.75) is 0 Å². The summed E-state index contributed by atoms with van der Waals surface area (Å²) in [6.07, 6.45) is 3.81. The molecule has 0 atom stereocenters. The van der Waals surface area contributed by atoms with Crippen molar-refractivity contribution in [2.75, 3.05) is 0 Å². The maximum Gasteiger partial charge on any atom is 0.122 e. The number of aromatic hydroxyl groups is 1. The third-order valence-electron chi connectivity index (χ3n) is 2.65. The topological polar surface area (TPSA) is 33.1 Å². The largest absolute Gasteiger partial charge is 0.507 e. The van der Waals surface area contributed by atoms with Crippen molar-refractivity contribution in [1.29, 1.82) is 0 Å². The molecule has 0 spiro atoms. The molecule has 0 unspecified atom stereocenters. The molecule has 0 fully saturated rings. The molecule has 18 heavy (non-hydrogen) atoms. The summed E-state index contributed by atoms with van der Waals surface area (Å²) >= 11 is 1.64. The minimum atomic E-state index is 0.287. The van der Waals surface area contributed by atoms with Gasteiger partial charge in [-0.05, 0) is 30.4 Å². The molecule has 1 aromatic heterocycles. The fourth-order valence-electron chi connectivity index (χ4n) is 1.75. The lowest BCUT2D eigenvalue weighted by molar-refractivity contribution is 0.474. The van der Waals surface area contributed by atoms with Gasteiger partial charge in [0.05, 0.1) is 10.2 Å². The number of phenolic OH excluding ortho intramolecular Hbond substituents is 1. The molecule has 0 saturated heterocycles. The molecule has 1 heterocycles. The van der Waals surface area contributed by atoms with E-state index in [2.05, 4.69) is 11.1 Å². The van der Waals surface area contributed by atoms with Crippen LogP contribution in [0.5, 0.6) is 5.75 Å². The molecule has 0 saturated carbocycles. The summed E-state index contributed by atoms with van der Waals surface area (Å²) in [5, 5.41) is 10.6. The molecule has 2 nitrogen and oxygen atoms in total. The Labute approximate surface area is 109 Å². The first-order valence-corrected chi connectivity index (χ1v) is 6.46. The average molecular weight is 253 g/mol. The molecular formula is C15H11NOS. The first-order valence-electron chi connectivity index (χ1n) is 5.64. The number of rotatable bonds is 2. The smallest absolute Gasteiger partial charge is 0.122 e. The molecule has 3 rings (SSSR count). The second kappa shape index (κ2) is 4.63. The van der Waals surface area contributed by atoms with Crippen LogP contribution in [0.1, 0.15) is 10.6 Å². The number of fused-ring (bicyclic) bond motifs is 1. The summed E-state index contributed by atoms with van der Waals surface area (Å²) in [6.45, 7) is 0. The van der Waals surface area contributed by atoms with Crippen LogP contribution in [0.3, 0.4) is 0 Å². The van der Waals surface area contributed by atoms with E-state index in [0.717, 1.165) is 16.1 Å². The number of benzene rings is 2. The van der Waals surface area contributed by atoms with Crippen molar-refractivity contribution >= 4 is 33.7 Å². The summed E-state index contributed by atoms with van der Waals surface area (Å²) in [5.74, 6) is 0.287. The lowest BCUT2D eigenvalue weighted by atomic mass is 10.2. The quantitative estimate of drug-likeness (QED) is 0.743. The highest BCUT2D eigenvalue weighted by Crippen LogP contribution is 2.24. The Morgan fingerprint density at radius 2 is 1.72 bits per heavy atom. The predicted octanol–water partition coefficient (Wildman–Crippen LogP) is 4.17. The van der Waals surface area contributed by atoms with Crippen LogP contribution in [-0.2, 0) is 0 Å². The van der Waals surface area contributed by atoms with Gasteiger partial charge >= 0.3 is 0 Å². The standard InChI is InChI=1S/C15H11NOS/c17-13-7-3-1-5-11(13)9-10-15-16-12-6-2-4-8-14(12)18-15/h1-10,17H. The molecule has 0 amide bonds. The first kappa shape index (κ1) is 11.0. The fraction of sp³-hybridized carbons (Fsp3) is 0. The first-order chi connectivity index (χ1) is 8.83. The van der Waals surface area contributed by atoms with Gasteiger partial charge in [-0.15, -0.1) is 11.3 Å². The zero-order valence-corrected chi connectivity index (χ0v) is 10.4. The molecule has 0 aliphatic heterocycles. The van der Waals surface area contributed by atoms with Crippen molar-refractivity contribution in [2.24, 2.45) is 0 Å². The van der Waals surface area contributed by atoms with Gasteiger partial charge in [0.2, 0.25) is 0 Å². The Morgan fingerprint density at radius 1 is 0.944 bits per heavy atom. The fourth-order valence-corrected chi connectivity index (χ4v) is 2.62. The third kappa shape index (κ3) is 2.13. The van der Waals surface area contributed by atoms with Crippen LogP contribution >= 0.6 is 11.3 Å². The van der Waals surface area contributed by atoms with Gasteiger partial charge in [0.1, 0.15) is 10.8 Å². The zero-order chi connectivity index (χ0) is 12.4. The number of nitrogens with zero attached hydrogens (tertiary/aromatic N) is 1. The van der Waals surface area contributed by atoms with Crippen molar-refractivity contribution in [3.8, 4) is 5.75 Å². The van der Waals surface area contributed by atoms with Crippen molar-refractivity contribution in [3.63, 3.8) is 0 Å². The van der Waals surface area contributed by atoms with Crippen molar-refractivity contribution in [1.82, 2.24) is 4.98 Å². The molecule has 0 radical (unpaired) electrons. The van der Waals surface area contributed by atoms with E-state index in [1.165, 1.54) is 4.70 Å². The predicted molar refractivity (Wildman–Crippen MR) is 76.7 cm³/mol. The number of phenols is 1. The zero-order valence-electron chi connectivity index (χ0n) is 9.58. The minimum absolute atomic E-state index is 0.287. The van der Waals surface area contributed by atoms with E-state index in [1.54, 1.807) is 17.4 Å². The Hall–Kier alpha value is -2.13. The van der Waals surface area contributed by atoms with Gasteiger partial charge in [-0.25, -0.2) is 4.98 Å². The average Bonchev–Trinajstić information content (AvgIpc) is 2.80. The summed E-state index contributed by atoms with van der Waals surface area (Å²) in [4.78, 5) is 4.51. The van der Waals surface area contributed by atoms with Crippen LogP contribution in [0.15, 0.2) is 48.5 Å². The molecule has 2 aromatic carbocycles. The molecule has 0 bridgehead atoms. The SMILES string of the molecule is Oc1ccccc1C=Cc1nc2ccccc2s1. The lowest BCUT2D eigenvalue weighted by Crippen LogP contribution is -1.73. The van der Waals surface area contributed by atoms with Crippen LogP contribution in [0.4, 0.5) is 0 Å². The number of thiazole rings is 1. The molecule has 1 N–H and O–H groups in total. The lowest BCUT2D eigenvalue weighted by Gasteiger charge is -1.95.